The van der Waals surface area contributed by atoms with E-state index in [0.29, 0.717) is 0 Å². The number of nitrogens with one attached hydrogen (secondary N) is 2. The van der Waals surface area contributed by atoms with Crippen LogP contribution in [0.3, 0.4) is 0 Å². The van der Waals surface area contributed by atoms with Crippen LogP contribution in [-0.4, -0.2) is 18.5 Å². The van der Waals surface area contributed by atoms with Gasteiger partial charge < -0.3 is 9.73 Å². The highest BCUT2D eigenvalue weighted by Gasteiger charge is 2.18. The average molecular weight is 266 g/mol. The molecule has 108 valence electrons. The molecule has 0 radical (unpaired) electrons. The van der Waals surface area contributed by atoms with Crippen LogP contribution in [0.5, 0.6) is 0 Å². The Bertz CT molecular complexity index is 412. The summed E-state index contributed by atoms with van der Waals surface area (Å²) < 4.78 is 5.52. The van der Waals surface area contributed by atoms with Crippen LogP contribution in [0.15, 0.2) is 10.5 Å². The molecule has 4 heteroatoms. The van der Waals surface area contributed by atoms with Gasteiger partial charge in [0.1, 0.15) is 11.5 Å². The van der Waals surface area contributed by atoms with Crippen molar-refractivity contribution in [2.75, 3.05) is 6.54 Å². The van der Waals surface area contributed by atoms with Crippen molar-refractivity contribution in [3.05, 3.63) is 23.2 Å². The minimum Gasteiger partial charge on any atom is -0.466 e. The van der Waals surface area contributed by atoms with E-state index in [0.717, 1.165) is 36.5 Å². The summed E-state index contributed by atoms with van der Waals surface area (Å²) in [6.45, 7) is 10.7. The van der Waals surface area contributed by atoms with Gasteiger partial charge in [0.05, 0.1) is 6.04 Å². The Labute approximate surface area is 116 Å². The van der Waals surface area contributed by atoms with E-state index < -0.39 is 0 Å². The molecular formula is C15H26N2O2. The number of hydrogen-bond acceptors (Lipinski definition) is 3. The molecule has 0 aliphatic carbocycles. The second kappa shape index (κ2) is 7.34. The Hall–Kier alpha value is -1.29. The highest BCUT2D eigenvalue weighted by atomic mass is 16.3. The first-order valence-electron chi connectivity index (χ1n) is 7.06. The van der Waals surface area contributed by atoms with Gasteiger partial charge in [-0.1, -0.05) is 13.3 Å². The summed E-state index contributed by atoms with van der Waals surface area (Å²) in [7, 11) is 0. The Morgan fingerprint density at radius 2 is 2.05 bits per heavy atom. The van der Waals surface area contributed by atoms with Crippen LogP contribution in [0.25, 0.3) is 0 Å². The van der Waals surface area contributed by atoms with E-state index in [9.17, 15) is 4.79 Å². The van der Waals surface area contributed by atoms with Crippen molar-refractivity contribution in [3.63, 3.8) is 0 Å². The van der Waals surface area contributed by atoms with Crippen molar-refractivity contribution in [3.8, 4) is 0 Å². The quantitative estimate of drug-likeness (QED) is 0.746. The summed E-state index contributed by atoms with van der Waals surface area (Å²) in [6, 6.07) is 1.92. The van der Waals surface area contributed by atoms with Crippen molar-refractivity contribution in [2.45, 2.75) is 59.5 Å². The lowest BCUT2D eigenvalue weighted by molar-refractivity contribution is -0.122. The molecule has 1 amide bonds. The topological polar surface area (TPSA) is 54.3 Å². The molecular weight excluding hydrogens is 240 g/mol. The van der Waals surface area contributed by atoms with E-state index in [1.165, 1.54) is 0 Å². The van der Waals surface area contributed by atoms with E-state index in [-0.39, 0.29) is 18.0 Å². The van der Waals surface area contributed by atoms with E-state index >= 15 is 0 Å². The fraction of sp³-hybridized carbons (Fsp3) is 0.667. The highest BCUT2D eigenvalue weighted by molar-refractivity contribution is 5.81. The summed E-state index contributed by atoms with van der Waals surface area (Å²) in [5, 5.41) is 6.24. The normalized spacial score (nSPS) is 14.2. The Balaban J connectivity index is 2.49. The zero-order valence-electron chi connectivity index (χ0n) is 12.7. The number of carbonyl (C=O) groups is 1. The minimum atomic E-state index is -0.207. The van der Waals surface area contributed by atoms with Crippen LogP contribution in [-0.2, 0) is 4.79 Å². The average Bonchev–Trinajstić information content (AvgIpc) is 2.68. The van der Waals surface area contributed by atoms with Gasteiger partial charge in [-0.25, -0.2) is 0 Å². The van der Waals surface area contributed by atoms with Gasteiger partial charge in [0.2, 0.25) is 5.91 Å². The van der Waals surface area contributed by atoms with Crippen molar-refractivity contribution < 1.29 is 9.21 Å². The lowest BCUT2D eigenvalue weighted by Gasteiger charge is -2.19. The van der Waals surface area contributed by atoms with Gasteiger partial charge in [0.25, 0.3) is 0 Å². The molecule has 0 spiro atoms. The highest BCUT2D eigenvalue weighted by Crippen LogP contribution is 2.21. The lowest BCUT2D eigenvalue weighted by atomic mass is 10.1. The number of amides is 1. The number of rotatable bonds is 7. The van der Waals surface area contributed by atoms with Gasteiger partial charge in [-0.3, -0.25) is 10.1 Å². The molecule has 0 saturated carbocycles. The van der Waals surface area contributed by atoms with Crippen molar-refractivity contribution in [1.82, 2.24) is 10.6 Å². The third-order valence-corrected chi connectivity index (χ3v) is 3.27. The molecule has 4 nitrogen and oxygen atoms in total. The number of furan rings is 1. The monoisotopic (exact) mass is 266 g/mol. The molecule has 2 N–H and O–H groups in total. The fourth-order valence-electron chi connectivity index (χ4n) is 2.16. The van der Waals surface area contributed by atoms with Crippen molar-refractivity contribution in [2.24, 2.45) is 0 Å². The molecule has 2 unspecified atom stereocenters. The molecule has 1 aromatic heterocycles. The van der Waals surface area contributed by atoms with E-state index in [1.54, 1.807) is 0 Å². The maximum absolute atomic E-state index is 11.9. The molecule has 0 aliphatic rings. The zero-order chi connectivity index (χ0) is 14.4. The zero-order valence-corrected chi connectivity index (χ0v) is 12.7. The van der Waals surface area contributed by atoms with Gasteiger partial charge >= 0.3 is 0 Å². The van der Waals surface area contributed by atoms with E-state index in [2.05, 4.69) is 17.6 Å². The van der Waals surface area contributed by atoms with Crippen LogP contribution < -0.4 is 10.6 Å². The SMILES string of the molecule is CCCCNC(=O)C(C)NC(C)c1cc(C)oc1C. The number of carbonyl (C=O) groups excluding carboxylic acids is 1. The molecule has 1 rings (SSSR count). The summed E-state index contributed by atoms with van der Waals surface area (Å²) in [6.07, 6.45) is 2.11. The second-order valence-electron chi connectivity index (χ2n) is 5.12. The Kier molecular flexibility index (Phi) is 6.09. The summed E-state index contributed by atoms with van der Waals surface area (Å²) in [4.78, 5) is 11.9. The van der Waals surface area contributed by atoms with E-state index in [4.69, 9.17) is 4.42 Å². The van der Waals surface area contributed by atoms with Crippen LogP contribution in [0.1, 0.15) is 56.7 Å². The fourth-order valence-corrected chi connectivity index (χ4v) is 2.16. The maximum Gasteiger partial charge on any atom is 0.236 e. The minimum absolute atomic E-state index is 0.0539. The predicted molar refractivity (Wildman–Crippen MR) is 77.1 cm³/mol. The molecule has 2 atom stereocenters. The van der Waals surface area contributed by atoms with E-state index in [1.807, 2.05) is 33.8 Å². The number of aryl methyl sites for hydroxylation is 2. The summed E-state index contributed by atoms with van der Waals surface area (Å²) >= 11 is 0. The Morgan fingerprint density at radius 3 is 2.58 bits per heavy atom. The lowest BCUT2D eigenvalue weighted by Crippen LogP contribution is -2.43. The largest absolute Gasteiger partial charge is 0.466 e. The van der Waals surface area contributed by atoms with Crippen LogP contribution >= 0.6 is 0 Å². The molecule has 0 aromatic carbocycles. The molecule has 0 aliphatic heterocycles. The first-order valence-corrected chi connectivity index (χ1v) is 7.06. The number of unbranched alkanes of at least 4 members (excludes halogenated alkanes) is 1. The predicted octanol–water partition coefficient (Wildman–Crippen LogP) is 2.85. The molecule has 0 saturated heterocycles. The second-order valence-corrected chi connectivity index (χ2v) is 5.12. The maximum atomic E-state index is 11.9. The van der Waals surface area contributed by atoms with Gasteiger partial charge in [-0.15, -0.1) is 0 Å². The Morgan fingerprint density at radius 1 is 1.37 bits per heavy atom. The van der Waals surface area contributed by atoms with Gasteiger partial charge in [-0.2, -0.15) is 0 Å². The van der Waals surface area contributed by atoms with Crippen LogP contribution in [0, 0.1) is 13.8 Å². The van der Waals surface area contributed by atoms with Crippen molar-refractivity contribution >= 4 is 5.91 Å². The van der Waals surface area contributed by atoms with Crippen molar-refractivity contribution in [1.29, 1.82) is 0 Å². The third kappa shape index (κ3) is 4.71. The molecule has 19 heavy (non-hydrogen) atoms. The van der Waals surface area contributed by atoms with Gasteiger partial charge in [0.15, 0.2) is 0 Å². The molecule has 1 heterocycles. The summed E-state index contributed by atoms with van der Waals surface area (Å²) in [5.41, 5.74) is 1.12. The van der Waals surface area contributed by atoms with Gasteiger partial charge in [-0.05, 0) is 40.2 Å². The molecule has 0 bridgehead atoms. The third-order valence-electron chi connectivity index (χ3n) is 3.27. The van der Waals surface area contributed by atoms with Crippen LogP contribution in [0.2, 0.25) is 0 Å². The smallest absolute Gasteiger partial charge is 0.236 e. The first-order chi connectivity index (χ1) is 8.95. The van der Waals surface area contributed by atoms with Gasteiger partial charge in [0, 0.05) is 18.2 Å². The first kappa shape index (κ1) is 15.8. The molecule has 0 fully saturated rings. The summed E-state index contributed by atoms with van der Waals surface area (Å²) in [5.74, 6) is 1.87. The standard InChI is InChI=1S/C15H26N2O2/c1-6-7-8-16-15(18)12(4)17-11(3)14-9-10(2)19-13(14)5/h9,11-12,17H,6-8H2,1-5H3,(H,16,18). The van der Waals surface area contributed by atoms with Crippen LogP contribution in [0.4, 0.5) is 0 Å². The number of hydrogen-bond donors (Lipinski definition) is 2. The molecule has 1 aromatic rings.